The highest BCUT2D eigenvalue weighted by Crippen LogP contribution is 2.36. The molecular formula is C26H28N4O2. The Balaban J connectivity index is 1.42. The van der Waals surface area contributed by atoms with E-state index in [1.807, 2.05) is 36.4 Å². The number of benzene rings is 2. The summed E-state index contributed by atoms with van der Waals surface area (Å²) in [4.78, 5) is 22.1. The van der Waals surface area contributed by atoms with Gasteiger partial charge in [0.1, 0.15) is 5.52 Å². The van der Waals surface area contributed by atoms with E-state index in [1.165, 1.54) is 0 Å². The molecule has 0 saturated heterocycles. The van der Waals surface area contributed by atoms with Gasteiger partial charge in [-0.15, -0.1) is 0 Å². The van der Waals surface area contributed by atoms with Gasteiger partial charge < -0.3 is 9.73 Å². The van der Waals surface area contributed by atoms with Crippen molar-refractivity contribution in [2.24, 2.45) is 4.99 Å². The molecule has 1 saturated carbocycles. The number of aliphatic imine (C=N–C) groups is 1. The van der Waals surface area contributed by atoms with Crippen LogP contribution in [0.4, 0.5) is 6.01 Å². The van der Waals surface area contributed by atoms with E-state index in [0.717, 1.165) is 55.2 Å². The highest BCUT2D eigenvalue weighted by atomic mass is 16.4. The smallest absolute Gasteiger partial charge is 0.302 e. The number of guanidine groups is 1. The van der Waals surface area contributed by atoms with Crippen LogP contribution in [0, 0.1) is 0 Å². The van der Waals surface area contributed by atoms with Gasteiger partial charge in [0.05, 0.1) is 5.54 Å². The number of hydrogen-bond donors (Lipinski definition) is 2. The predicted octanol–water partition coefficient (Wildman–Crippen LogP) is 5.47. The molecule has 0 bridgehead atoms. The summed E-state index contributed by atoms with van der Waals surface area (Å²) < 4.78 is 5.96. The van der Waals surface area contributed by atoms with Gasteiger partial charge in [-0.2, -0.15) is 4.98 Å². The Morgan fingerprint density at radius 2 is 1.81 bits per heavy atom. The Labute approximate surface area is 187 Å². The third-order valence-corrected chi connectivity index (χ3v) is 6.53. The first-order valence-electron chi connectivity index (χ1n) is 11.4. The van der Waals surface area contributed by atoms with Gasteiger partial charge >= 0.3 is 6.01 Å². The minimum Gasteiger partial charge on any atom is -0.423 e. The lowest BCUT2D eigenvalue weighted by atomic mass is 9.84. The van der Waals surface area contributed by atoms with Crippen molar-refractivity contribution in [2.75, 3.05) is 11.9 Å². The molecule has 0 unspecified atom stereocenters. The summed E-state index contributed by atoms with van der Waals surface area (Å²) in [7, 11) is 0. The van der Waals surface area contributed by atoms with E-state index in [2.05, 4.69) is 34.3 Å². The molecule has 0 atom stereocenters. The molecule has 3 aromatic rings. The number of fused-ring (bicyclic) bond motifs is 1. The fraction of sp³-hybridized carbons (Fsp3) is 0.346. The first-order valence-corrected chi connectivity index (χ1v) is 11.4. The highest BCUT2D eigenvalue weighted by Gasteiger charge is 2.40. The van der Waals surface area contributed by atoms with Gasteiger partial charge in [-0.05, 0) is 48.9 Å². The van der Waals surface area contributed by atoms with Gasteiger partial charge in [0.15, 0.2) is 17.3 Å². The third-order valence-electron chi connectivity index (χ3n) is 6.53. The molecule has 6 heteroatoms. The lowest BCUT2D eigenvalue weighted by Crippen LogP contribution is -2.52. The number of aromatic nitrogens is 1. The Morgan fingerprint density at radius 3 is 2.62 bits per heavy atom. The van der Waals surface area contributed by atoms with Crippen molar-refractivity contribution in [2.45, 2.75) is 50.5 Å². The standard InChI is InChI=1S/C26H28N4O2/c1-18-22(31)11-5-8-16-27-24(30-26(18)14-6-7-15-26)29-25-28-21-17-20(12-13-23(21)32-25)19-9-3-2-4-10-19/h2-4,9-10,12-13,17H,1,5-8,11,14-16H2,(H2,27,28,29,30). The normalized spacial score (nSPS) is 19.1. The predicted molar refractivity (Wildman–Crippen MR) is 128 cm³/mol. The molecule has 2 heterocycles. The van der Waals surface area contributed by atoms with Crippen LogP contribution in [0.5, 0.6) is 0 Å². The van der Waals surface area contributed by atoms with Crippen LogP contribution >= 0.6 is 0 Å². The molecule has 2 aliphatic rings. The van der Waals surface area contributed by atoms with Crippen molar-refractivity contribution < 1.29 is 9.21 Å². The van der Waals surface area contributed by atoms with E-state index in [1.54, 1.807) is 0 Å². The number of carbonyl (C=O) groups excluding carboxylic acids is 1. The Kier molecular flexibility index (Phi) is 5.52. The number of carbonyl (C=O) groups is 1. The zero-order chi connectivity index (χ0) is 22.0. The van der Waals surface area contributed by atoms with Crippen molar-refractivity contribution in [1.82, 2.24) is 10.3 Å². The number of anilines is 1. The Hall–Kier alpha value is -3.41. The molecule has 164 valence electrons. The number of hydrogen-bond acceptors (Lipinski definition) is 6. The third kappa shape index (κ3) is 4.05. The zero-order valence-electron chi connectivity index (χ0n) is 18.2. The number of nitrogens with one attached hydrogen (secondary N) is 2. The maximum Gasteiger partial charge on any atom is 0.302 e. The zero-order valence-corrected chi connectivity index (χ0v) is 18.2. The summed E-state index contributed by atoms with van der Waals surface area (Å²) in [5.41, 5.74) is 3.96. The van der Waals surface area contributed by atoms with Crippen LogP contribution in [0.2, 0.25) is 0 Å². The monoisotopic (exact) mass is 428 g/mol. The summed E-state index contributed by atoms with van der Waals surface area (Å²) in [6.45, 7) is 4.83. The molecule has 2 aromatic carbocycles. The van der Waals surface area contributed by atoms with Crippen molar-refractivity contribution >= 4 is 28.9 Å². The number of ketones is 1. The van der Waals surface area contributed by atoms with Gasteiger partial charge in [-0.1, -0.05) is 55.8 Å². The minimum absolute atomic E-state index is 0.163. The van der Waals surface area contributed by atoms with Crippen molar-refractivity contribution in [3.8, 4) is 11.1 Å². The van der Waals surface area contributed by atoms with E-state index < -0.39 is 5.54 Å². The SMILES string of the molecule is C=C1C(=O)CCCCN=C(Nc2nc3cc(-c4ccccc4)ccc3o2)NC12CCCC2. The lowest BCUT2D eigenvalue weighted by Gasteiger charge is -2.33. The topological polar surface area (TPSA) is 79.5 Å². The molecule has 1 aliphatic carbocycles. The molecule has 5 rings (SSSR count). The van der Waals surface area contributed by atoms with Crippen LogP contribution in [0.15, 0.2) is 70.1 Å². The van der Waals surface area contributed by atoms with Crippen LogP contribution in [-0.2, 0) is 4.79 Å². The van der Waals surface area contributed by atoms with Crippen molar-refractivity contribution in [3.05, 3.63) is 60.7 Å². The maximum absolute atomic E-state index is 12.7. The van der Waals surface area contributed by atoms with E-state index in [-0.39, 0.29) is 5.78 Å². The van der Waals surface area contributed by atoms with E-state index in [4.69, 9.17) is 9.41 Å². The lowest BCUT2D eigenvalue weighted by molar-refractivity contribution is -0.116. The average Bonchev–Trinajstić information content (AvgIpc) is 3.45. The fourth-order valence-corrected chi connectivity index (χ4v) is 4.72. The van der Waals surface area contributed by atoms with Crippen molar-refractivity contribution in [1.29, 1.82) is 0 Å². The molecule has 1 aromatic heterocycles. The van der Waals surface area contributed by atoms with Gasteiger partial charge in [-0.3, -0.25) is 15.1 Å². The second kappa shape index (κ2) is 8.61. The summed E-state index contributed by atoms with van der Waals surface area (Å²) >= 11 is 0. The van der Waals surface area contributed by atoms with Gasteiger partial charge in [0.2, 0.25) is 0 Å². The second-order valence-electron chi connectivity index (χ2n) is 8.70. The van der Waals surface area contributed by atoms with E-state index in [0.29, 0.717) is 36.1 Å². The molecule has 1 fully saturated rings. The number of Topliss-reactive ketones (excluding diaryl/α,β-unsaturated/α-hetero) is 1. The summed E-state index contributed by atoms with van der Waals surface area (Å²) in [5, 5.41) is 6.77. The second-order valence-corrected chi connectivity index (χ2v) is 8.70. The van der Waals surface area contributed by atoms with Gasteiger partial charge in [0.25, 0.3) is 0 Å². The first kappa shape index (κ1) is 20.5. The largest absolute Gasteiger partial charge is 0.423 e. The van der Waals surface area contributed by atoms with Crippen LogP contribution in [0.3, 0.4) is 0 Å². The number of nitrogens with zero attached hydrogens (tertiary/aromatic N) is 2. The van der Waals surface area contributed by atoms with Crippen molar-refractivity contribution in [3.63, 3.8) is 0 Å². The molecule has 32 heavy (non-hydrogen) atoms. The number of rotatable bonds is 2. The quantitative estimate of drug-likeness (QED) is 0.529. The summed E-state index contributed by atoms with van der Waals surface area (Å²) in [5.74, 6) is 0.758. The summed E-state index contributed by atoms with van der Waals surface area (Å²) in [6.07, 6.45) is 6.13. The van der Waals surface area contributed by atoms with Crippen LogP contribution in [-0.4, -0.2) is 28.8 Å². The average molecular weight is 429 g/mol. The summed E-state index contributed by atoms with van der Waals surface area (Å²) in [6, 6.07) is 16.6. The molecule has 1 aliphatic heterocycles. The van der Waals surface area contributed by atoms with E-state index in [9.17, 15) is 4.79 Å². The Morgan fingerprint density at radius 1 is 1.00 bits per heavy atom. The van der Waals surface area contributed by atoms with E-state index >= 15 is 0 Å². The van der Waals surface area contributed by atoms with Crippen LogP contribution in [0.1, 0.15) is 44.9 Å². The van der Waals surface area contributed by atoms with Crippen LogP contribution < -0.4 is 10.6 Å². The highest BCUT2D eigenvalue weighted by molar-refractivity contribution is 6.00. The molecule has 1 spiro atoms. The molecule has 6 nitrogen and oxygen atoms in total. The first-order chi connectivity index (χ1) is 15.6. The molecule has 0 radical (unpaired) electrons. The number of oxazole rings is 1. The van der Waals surface area contributed by atoms with Gasteiger partial charge in [-0.25, -0.2) is 0 Å². The molecule has 0 amide bonds. The Bertz CT molecular complexity index is 1170. The molecule has 2 N–H and O–H groups in total. The maximum atomic E-state index is 12.7. The minimum atomic E-state index is -0.438. The van der Waals surface area contributed by atoms with Gasteiger partial charge in [0, 0.05) is 18.5 Å². The fourth-order valence-electron chi connectivity index (χ4n) is 4.72. The van der Waals surface area contributed by atoms with Crippen LogP contribution in [0.25, 0.3) is 22.2 Å². The molecular weight excluding hydrogens is 400 g/mol.